The lowest BCUT2D eigenvalue weighted by Gasteiger charge is -2.06. The Balaban J connectivity index is 1.69. The van der Waals surface area contributed by atoms with Crippen LogP contribution in [0.1, 0.15) is 0 Å². The van der Waals surface area contributed by atoms with E-state index in [0.29, 0.717) is 11.3 Å². The highest BCUT2D eigenvalue weighted by Crippen LogP contribution is 2.31. The summed E-state index contributed by atoms with van der Waals surface area (Å²) in [5, 5.41) is 4.87. The summed E-state index contributed by atoms with van der Waals surface area (Å²) in [6.45, 7) is 0. The van der Waals surface area contributed by atoms with Crippen molar-refractivity contribution in [3.8, 4) is 17.0 Å². The molecule has 0 atom stereocenters. The van der Waals surface area contributed by atoms with Gasteiger partial charge in [-0.05, 0) is 24.3 Å². The second-order valence-corrected chi connectivity index (χ2v) is 6.95. The molecule has 0 bridgehead atoms. The van der Waals surface area contributed by atoms with Crippen LogP contribution in [0.5, 0.6) is 5.75 Å². The van der Waals surface area contributed by atoms with Gasteiger partial charge < -0.3 is 8.71 Å². The zero-order chi connectivity index (χ0) is 17.3. The van der Waals surface area contributed by atoms with Crippen molar-refractivity contribution in [3.05, 3.63) is 78.9 Å². The van der Waals surface area contributed by atoms with Gasteiger partial charge in [0.2, 0.25) is 0 Å². The van der Waals surface area contributed by atoms with E-state index in [0.717, 1.165) is 10.9 Å². The third-order valence-corrected chi connectivity index (χ3v) is 4.99. The van der Waals surface area contributed by atoms with Crippen LogP contribution in [0.2, 0.25) is 0 Å². The quantitative estimate of drug-likeness (QED) is 0.514. The Labute approximate surface area is 144 Å². The molecule has 0 unspecified atom stereocenters. The van der Waals surface area contributed by atoms with Gasteiger partial charge in [0, 0.05) is 17.0 Å². The van der Waals surface area contributed by atoms with Gasteiger partial charge in [-0.2, -0.15) is 8.42 Å². The van der Waals surface area contributed by atoms with Crippen LogP contribution in [0, 0.1) is 0 Å². The molecule has 5 nitrogen and oxygen atoms in total. The summed E-state index contributed by atoms with van der Waals surface area (Å²) in [6, 6.07) is 22.5. The highest BCUT2D eigenvalue weighted by Gasteiger charge is 2.18. The minimum Gasteiger partial charge on any atom is -0.379 e. The predicted molar refractivity (Wildman–Crippen MR) is 93.7 cm³/mol. The fraction of sp³-hybridized carbons (Fsp3) is 0. The summed E-state index contributed by atoms with van der Waals surface area (Å²) in [6.07, 6.45) is 0. The van der Waals surface area contributed by atoms with Gasteiger partial charge in [-0.1, -0.05) is 53.7 Å². The van der Waals surface area contributed by atoms with E-state index in [4.69, 9.17) is 8.71 Å². The lowest BCUT2D eigenvalue weighted by molar-refractivity contribution is 0.456. The molecule has 0 aliphatic rings. The molecule has 1 heterocycles. The molecule has 6 heteroatoms. The zero-order valence-corrected chi connectivity index (χ0v) is 13.8. The van der Waals surface area contributed by atoms with E-state index in [1.165, 1.54) is 18.2 Å². The van der Waals surface area contributed by atoms with Crippen LogP contribution < -0.4 is 4.18 Å². The van der Waals surface area contributed by atoms with E-state index < -0.39 is 10.1 Å². The van der Waals surface area contributed by atoms with Gasteiger partial charge >= 0.3 is 10.1 Å². The minimum absolute atomic E-state index is 0.0950. The maximum Gasteiger partial charge on any atom is 0.339 e. The van der Waals surface area contributed by atoms with Crippen LogP contribution in [0.15, 0.2) is 88.3 Å². The fourth-order valence-electron chi connectivity index (χ4n) is 2.54. The van der Waals surface area contributed by atoms with E-state index in [1.54, 1.807) is 30.3 Å². The van der Waals surface area contributed by atoms with E-state index in [9.17, 15) is 8.42 Å². The average Bonchev–Trinajstić information content (AvgIpc) is 3.06. The number of benzene rings is 3. The van der Waals surface area contributed by atoms with Crippen LogP contribution >= 0.6 is 0 Å². The molecule has 1 aromatic heterocycles. The molecule has 0 saturated carbocycles. The lowest BCUT2D eigenvalue weighted by Crippen LogP contribution is -2.09. The van der Waals surface area contributed by atoms with Crippen LogP contribution in [0.25, 0.3) is 22.2 Å². The normalized spacial score (nSPS) is 11.5. The largest absolute Gasteiger partial charge is 0.379 e. The molecule has 0 aliphatic heterocycles. The lowest BCUT2D eigenvalue weighted by atomic mass is 10.1. The Morgan fingerprint density at radius 2 is 1.52 bits per heavy atom. The molecule has 0 spiro atoms. The van der Waals surface area contributed by atoms with E-state index >= 15 is 0 Å². The Morgan fingerprint density at radius 3 is 2.24 bits per heavy atom. The zero-order valence-electron chi connectivity index (χ0n) is 13.0. The molecule has 3 aromatic carbocycles. The molecule has 0 saturated heterocycles. The van der Waals surface area contributed by atoms with Gasteiger partial charge in [0.15, 0.2) is 5.58 Å². The van der Waals surface area contributed by atoms with Crippen LogP contribution in [-0.2, 0) is 10.1 Å². The molecule has 0 N–H and O–H groups in total. The summed E-state index contributed by atoms with van der Waals surface area (Å²) in [4.78, 5) is 0.0950. The molecule has 124 valence electrons. The van der Waals surface area contributed by atoms with Gasteiger partial charge in [-0.15, -0.1) is 0 Å². The summed E-state index contributed by atoms with van der Waals surface area (Å²) in [5.74, 6) is 0.173. The van der Waals surface area contributed by atoms with Crippen LogP contribution in [-0.4, -0.2) is 13.6 Å². The van der Waals surface area contributed by atoms with Crippen molar-refractivity contribution in [2.24, 2.45) is 0 Å². The second-order valence-electron chi connectivity index (χ2n) is 5.41. The Hall–Kier alpha value is -3.12. The van der Waals surface area contributed by atoms with Gasteiger partial charge in [-0.25, -0.2) is 0 Å². The van der Waals surface area contributed by atoms with Gasteiger partial charge in [0.25, 0.3) is 0 Å². The summed E-state index contributed by atoms with van der Waals surface area (Å²) >= 11 is 0. The topological polar surface area (TPSA) is 69.4 Å². The fourth-order valence-corrected chi connectivity index (χ4v) is 3.48. The van der Waals surface area contributed by atoms with Crippen molar-refractivity contribution in [1.29, 1.82) is 0 Å². The van der Waals surface area contributed by atoms with Gasteiger partial charge in [0.1, 0.15) is 16.3 Å². The standard InChI is InChI=1S/C19H13NO4S/c21-25(22,16-9-5-2-6-10-16)24-15-11-12-17-18(13-15)23-20-19(17)14-7-3-1-4-8-14/h1-13H. The summed E-state index contributed by atoms with van der Waals surface area (Å²) < 4.78 is 35.1. The van der Waals surface area contributed by atoms with Gasteiger partial charge in [0.05, 0.1) is 0 Å². The van der Waals surface area contributed by atoms with Crippen molar-refractivity contribution in [2.45, 2.75) is 4.90 Å². The Morgan fingerprint density at radius 1 is 0.840 bits per heavy atom. The van der Waals surface area contributed by atoms with Crippen molar-refractivity contribution in [2.75, 3.05) is 0 Å². The SMILES string of the molecule is O=S(=O)(Oc1ccc2c(-c3ccccc3)noc2c1)c1ccccc1. The number of rotatable bonds is 4. The maximum absolute atomic E-state index is 12.3. The molecule has 4 rings (SSSR count). The molecular formula is C19H13NO4S. The number of hydrogen-bond acceptors (Lipinski definition) is 5. The Kier molecular flexibility index (Phi) is 3.74. The molecule has 0 aliphatic carbocycles. The van der Waals surface area contributed by atoms with Crippen molar-refractivity contribution >= 4 is 21.1 Å². The first-order valence-corrected chi connectivity index (χ1v) is 8.99. The molecule has 0 fully saturated rings. The van der Waals surface area contributed by atoms with Gasteiger partial charge in [-0.3, -0.25) is 0 Å². The summed E-state index contributed by atoms with van der Waals surface area (Å²) in [5.41, 5.74) is 2.08. The smallest absolute Gasteiger partial charge is 0.339 e. The Bertz CT molecular complexity index is 1120. The molecule has 4 aromatic rings. The minimum atomic E-state index is -3.89. The van der Waals surface area contributed by atoms with E-state index in [2.05, 4.69) is 5.16 Å². The first-order chi connectivity index (χ1) is 12.1. The van der Waals surface area contributed by atoms with Crippen LogP contribution in [0.3, 0.4) is 0 Å². The van der Waals surface area contributed by atoms with E-state index in [-0.39, 0.29) is 10.6 Å². The molecule has 25 heavy (non-hydrogen) atoms. The first-order valence-electron chi connectivity index (χ1n) is 7.58. The van der Waals surface area contributed by atoms with Crippen molar-refractivity contribution in [1.82, 2.24) is 5.16 Å². The van der Waals surface area contributed by atoms with E-state index in [1.807, 2.05) is 30.3 Å². The third kappa shape index (κ3) is 2.99. The monoisotopic (exact) mass is 351 g/mol. The number of aromatic nitrogens is 1. The van der Waals surface area contributed by atoms with Crippen molar-refractivity contribution < 1.29 is 17.1 Å². The molecule has 0 amide bonds. The molecular weight excluding hydrogens is 338 g/mol. The predicted octanol–water partition coefficient (Wildman–Crippen LogP) is 4.26. The number of fused-ring (bicyclic) bond motifs is 1. The van der Waals surface area contributed by atoms with Crippen LogP contribution in [0.4, 0.5) is 0 Å². The highest BCUT2D eigenvalue weighted by molar-refractivity contribution is 7.87. The second kappa shape index (κ2) is 6.07. The molecule has 0 radical (unpaired) electrons. The summed E-state index contributed by atoms with van der Waals surface area (Å²) in [7, 11) is -3.89. The first kappa shape index (κ1) is 15.4. The maximum atomic E-state index is 12.3. The third-order valence-electron chi connectivity index (χ3n) is 3.73. The number of hydrogen-bond donors (Lipinski definition) is 0. The number of nitrogens with zero attached hydrogens (tertiary/aromatic N) is 1. The highest BCUT2D eigenvalue weighted by atomic mass is 32.2. The van der Waals surface area contributed by atoms with Crippen molar-refractivity contribution in [3.63, 3.8) is 0 Å². The average molecular weight is 351 g/mol.